The summed E-state index contributed by atoms with van der Waals surface area (Å²) < 4.78 is 67.8. The SMILES string of the molecule is CCc1ccc(S(=O)(=O)NCCN2c3cc(F)ccc3N(C)S2(=O)=O)s1. The number of nitrogens with zero attached hydrogens (tertiary/aromatic N) is 2. The first-order valence-electron chi connectivity index (χ1n) is 7.81. The molecule has 3 rings (SSSR count). The summed E-state index contributed by atoms with van der Waals surface area (Å²) in [5, 5.41) is 0. The Hall–Kier alpha value is -1.69. The largest absolute Gasteiger partial charge is 0.326 e. The number of thiophene rings is 1. The van der Waals surface area contributed by atoms with E-state index in [-0.39, 0.29) is 23.0 Å². The van der Waals surface area contributed by atoms with E-state index in [1.807, 2.05) is 6.92 Å². The van der Waals surface area contributed by atoms with Crippen LogP contribution in [0.1, 0.15) is 11.8 Å². The summed E-state index contributed by atoms with van der Waals surface area (Å²) in [5.74, 6) is -0.564. The fourth-order valence-corrected chi connectivity index (χ4v) is 6.42. The number of anilines is 2. The Labute approximate surface area is 156 Å². The maximum Gasteiger partial charge on any atom is 0.326 e. The molecule has 7 nitrogen and oxygen atoms in total. The van der Waals surface area contributed by atoms with E-state index in [2.05, 4.69) is 4.72 Å². The Bertz CT molecular complexity index is 1030. The highest BCUT2D eigenvalue weighted by molar-refractivity contribution is 7.94. The standard InChI is InChI=1S/C15H18FN3O4S3/c1-3-12-5-7-15(24-12)25(20,21)17-8-9-19-14-10-11(16)4-6-13(14)18(2)26(19,22)23/h4-7,10,17H,3,8-9H2,1-2H3. The van der Waals surface area contributed by atoms with E-state index in [9.17, 15) is 21.2 Å². The molecule has 11 heteroatoms. The number of sulfonamides is 1. The molecule has 1 aliphatic rings. The second-order valence-corrected chi connectivity index (χ2v) is 10.7. The first kappa shape index (κ1) is 19.1. The third kappa shape index (κ3) is 3.31. The molecule has 0 amide bonds. The minimum atomic E-state index is -3.86. The molecular weight excluding hydrogens is 401 g/mol. The van der Waals surface area contributed by atoms with Gasteiger partial charge in [-0.2, -0.15) is 8.42 Å². The van der Waals surface area contributed by atoms with Crippen LogP contribution in [-0.4, -0.2) is 37.0 Å². The molecule has 0 aliphatic carbocycles. The van der Waals surface area contributed by atoms with Gasteiger partial charge >= 0.3 is 10.2 Å². The lowest BCUT2D eigenvalue weighted by atomic mass is 10.2. The van der Waals surface area contributed by atoms with Gasteiger partial charge in [-0.25, -0.2) is 21.8 Å². The van der Waals surface area contributed by atoms with Gasteiger partial charge in [-0.1, -0.05) is 6.92 Å². The average molecular weight is 420 g/mol. The van der Waals surface area contributed by atoms with Gasteiger partial charge in [0.05, 0.1) is 11.4 Å². The van der Waals surface area contributed by atoms with Crippen LogP contribution in [0.4, 0.5) is 15.8 Å². The molecular formula is C15H18FN3O4S3. The van der Waals surface area contributed by atoms with Gasteiger partial charge in [-0.05, 0) is 30.7 Å². The van der Waals surface area contributed by atoms with Crippen LogP contribution in [0, 0.1) is 5.82 Å². The number of fused-ring (bicyclic) bond motifs is 1. The molecule has 0 unspecified atom stereocenters. The van der Waals surface area contributed by atoms with Gasteiger partial charge < -0.3 is 0 Å². The Morgan fingerprint density at radius 3 is 2.58 bits per heavy atom. The number of hydrogen-bond acceptors (Lipinski definition) is 5. The molecule has 0 saturated carbocycles. The lowest BCUT2D eigenvalue weighted by Crippen LogP contribution is -2.40. The van der Waals surface area contributed by atoms with Crippen LogP contribution in [0.15, 0.2) is 34.5 Å². The minimum Gasteiger partial charge on any atom is -0.254 e. The van der Waals surface area contributed by atoms with Gasteiger partial charge in [0.1, 0.15) is 10.0 Å². The second kappa shape index (κ2) is 6.80. The topological polar surface area (TPSA) is 86.8 Å². The first-order valence-corrected chi connectivity index (χ1v) is 11.5. The third-order valence-electron chi connectivity index (χ3n) is 4.03. The Morgan fingerprint density at radius 1 is 1.19 bits per heavy atom. The highest BCUT2D eigenvalue weighted by Crippen LogP contribution is 2.39. The molecule has 0 bridgehead atoms. The van der Waals surface area contributed by atoms with E-state index in [1.165, 1.54) is 36.6 Å². The number of halogens is 1. The minimum absolute atomic E-state index is 0.134. The normalized spacial score (nSPS) is 16.1. The maximum atomic E-state index is 13.5. The quantitative estimate of drug-likeness (QED) is 0.775. The molecule has 142 valence electrons. The lowest BCUT2D eigenvalue weighted by molar-refractivity contribution is 0.579. The zero-order valence-electron chi connectivity index (χ0n) is 14.1. The van der Waals surface area contributed by atoms with Crippen molar-refractivity contribution in [1.82, 2.24) is 4.72 Å². The summed E-state index contributed by atoms with van der Waals surface area (Å²) in [4.78, 5) is 0.943. The molecule has 0 atom stereocenters. The van der Waals surface area contributed by atoms with Crippen molar-refractivity contribution in [3.63, 3.8) is 0 Å². The van der Waals surface area contributed by atoms with E-state index >= 15 is 0 Å². The van der Waals surface area contributed by atoms with Crippen molar-refractivity contribution in [3.8, 4) is 0 Å². The summed E-state index contributed by atoms with van der Waals surface area (Å²) >= 11 is 1.17. The molecule has 1 aromatic carbocycles. The zero-order chi connectivity index (χ0) is 19.1. The fourth-order valence-electron chi connectivity index (χ4n) is 2.64. The third-order valence-corrected chi connectivity index (χ3v) is 9.03. The Balaban J connectivity index is 1.76. The van der Waals surface area contributed by atoms with Crippen molar-refractivity contribution in [2.75, 3.05) is 28.7 Å². The van der Waals surface area contributed by atoms with Crippen LogP contribution in [0.2, 0.25) is 0 Å². The number of rotatable bonds is 6. The number of benzene rings is 1. The van der Waals surface area contributed by atoms with E-state index in [0.717, 1.165) is 26.0 Å². The Kier molecular flexibility index (Phi) is 4.99. The van der Waals surface area contributed by atoms with Crippen LogP contribution in [0.3, 0.4) is 0 Å². The van der Waals surface area contributed by atoms with E-state index in [4.69, 9.17) is 0 Å². The van der Waals surface area contributed by atoms with E-state index < -0.39 is 26.0 Å². The molecule has 0 saturated heterocycles. The van der Waals surface area contributed by atoms with Gasteiger partial charge in [-0.3, -0.25) is 4.31 Å². The molecule has 1 aromatic heterocycles. The number of hydrogen-bond donors (Lipinski definition) is 1. The van der Waals surface area contributed by atoms with Crippen molar-refractivity contribution < 1.29 is 21.2 Å². The lowest BCUT2D eigenvalue weighted by Gasteiger charge is -2.19. The molecule has 0 spiro atoms. The summed E-state index contributed by atoms with van der Waals surface area (Å²) in [6, 6.07) is 6.95. The van der Waals surface area contributed by atoms with Gasteiger partial charge in [-0.15, -0.1) is 11.3 Å². The van der Waals surface area contributed by atoms with Crippen molar-refractivity contribution in [1.29, 1.82) is 0 Å². The smallest absolute Gasteiger partial charge is 0.254 e. The molecule has 2 heterocycles. The highest BCUT2D eigenvalue weighted by Gasteiger charge is 2.38. The van der Waals surface area contributed by atoms with Crippen molar-refractivity contribution >= 4 is 42.9 Å². The van der Waals surface area contributed by atoms with E-state index in [1.54, 1.807) is 6.07 Å². The summed E-state index contributed by atoms with van der Waals surface area (Å²) in [5.41, 5.74) is 0.538. The van der Waals surface area contributed by atoms with Crippen LogP contribution >= 0.6 is 11.3 Å². The summed E-state index contributed by atoms with van der Waals surface area (Å²) in [6.07, 6.45) is 0.737. The molecule has 1 N–H and O–H groups in total. The number of nitrogens with one attached hydrogen (secondary N) is 1. The molecule has 2 aromatic rings. The van der Waals surface area contributed by atoms with Crippen LogP contribution in [0.25, 0.3) is 0 Å². The van der Waals surface area contributed by atoms with Gasteiger partial charge in [0.25, 0.3) is 0 Å². The second-order valence-electron chi connectivity index (χ2n) is 5.65. The maximum absolute atomic E-state index is 13.5. The monoisotopic (exact) mass is 419 g/mol. The summed E-state index contributed by atoms with van der Waals surface area (Å²) in [7, 11) is -6.21. The molecule has 1 aliphatic heterocycles. The van der Waals surface area contributed by atoms with Gasteiger partial charge in [0, 0.05) is 31.1 Å². The number of aryl methyl sites for hydroxylation is 1. The fraction of sp³-hybridized carbons (Fsp3) is 0.333. The Morgan fingerprint density at radius 2 is 1.92 bits per heavy atom. The van der Waals surface area contributed by atoms with Crippen molar-refractivity contribution in [2.24, 2.45) is 0 Å². The van der Waals surface area contributed by atoms with Crippen LogP contribution < -0.4 is 13.3 Å². The van der Waals surface area contributed by atoms with Gasteiger partial charge in [0.2, 0.25) is 10.0 Å². The average Bonchev–Trinajstić information content (AvgIpc) is 3.13. The van der Waals surface area contributed by atoms with Gasteiger partial charge in [0.15, 0.2) is 0 Å². The summed E-state index contributed by atoms with van der Waals surface area (Å²) in [6.45, 7) is 1.65. The first-order chi connectivity index (χ1) is 12.2. The molecule has 26 heavy (non-hydrogen) atoms. The zero-order valence-corrected chi connectivity index (χ0v) is 16.6. The molecule has 0 radical (unpaired) electrons. The van der Waals surface area contributed by atoms with Crippen molar-refractivity contribution in [3.05, 3.63) is 41.0 Å². The molecule has 0 fully saturated rings. The van der Waals surface area contributed by atoms with E-state index in [0.29, 0.717) is 5.69 Å². The van der Waals surface area contributed by atoms with Crippen molar-refractivity contribution in [2.45, 2.75) is 17.6 Å². The van der Waals surface area contributed by atoms with Crippen LogP contribution in [0.5, 0.6) is 0 Å². The highest BCUT2D eigenvalue weighted by atomic mass is 32.2. The predicted octanol–water partition coefficient (Wildman–Crippen LogP) is 1.93. The van der Waals surface area contributed by atoms with Crippen LogP contribution in [-0.2, 0) is 26.7 Å². The predicted molar refractivity (Wildman–Crippen MR) is 100.0 cm³/mol.